The van der Waals surface area contributed by atoms with Crippen LogP contribution >= 0.6 is 11.3 Å². The van der Waals surface area contributed by atoms with Crippen LogP contribution in [-0.2, 0) is 19.7 Å². The van der Waals surface area contributed by atoms with Crippen LogP contribution in [0.15, 0.2) is 46.0 Å². The Labute approximate surface area is 204 Å². The molecule has 0 spiro atoms. The lowest BCUT2D eigenvalue weighted by molar-refractivity contribution is -0.136. The van der Waals surface area contributed by atoms with Gasteiger partial charge in [-0.25, -0.2) is 22.9 Å². The van der Waals surface area contributed by atoms with Crippen LogP contribution in [0.1, 0.15) is 17.8 Å². The lowest BCUT2D eigenvalue weighted by Crippen LogP contribution is -2.51. The summed E-state index contributed by atoms with van der Waals surface area (Å²) in [7, 11) is -2.17. The van der Waals surface area contributed by atoms with Crippen LogP contribution in [0.5, 0.6) is 0 Å². The lowest BCUT2D eigenvalue weighted by atomic mass is 10.1. The number of hydrogen-bond donors (Lipinski definition) is 1. The molecule has 35 heavy (non-hydrogen) atoms. The fourth-order valence-electron chi connectivity index (χ4n) is 3.76. The van der Waals surface area contributed by atoms with Gasteiger partial charge in [0.2, 0.25) is 0 Å². The molecule has 2 saturated heterocycles. The van der Waals surface area contributed by atoms with E-state index in [0.717, 1.165) is 35.3 Å². The van der Waals surface area contributed by atoms with E-state index in [1.54, 1.807) is 6.20 Å². The van der Waals surface area contributed by atoms with Crippen LogP contribution in [0, 0.1) is 17.5 Å². The predicted octanol–water partition coefficient (Wildman–Crippen LogP) is 2.05. The Kier molecular flexibility index (Phi) is 7.54. The number of halogens is 3. The van der Waals surface area contributed by atoms with E-state index in [4.69, 9.17) is 4.74 Å². The van der Waals surface area contributed by atoms with Crippen molar-refractivity contribution in [2.45, 2.75) is 18.9 Å². The van der Waals surface area contributed by atoms with Crippen molar-refractivity contribution < 1.29 is 31.1 Å². The maximum absolute atomic E-state index is 12.4. The van der Waals surface area contributed by atoms with Crippen molar-refractivity contribution in [1.29, 1.82) is 0 Å². The summed E-state index contributed by atoms with van der Waals surface area (Å²) in [4.78, 5) is 22.8. The Morgan fingerprint density at radius 3 is 2.49 bits per heavy atom. The highest BCUT2D eigenvalue weighted by molar-refractivity contribution is 7.87. The number of benzene rings is 1. The zero-order valence-electron chi connectivity index (χ0n) is 18.6. The molecule has 1 unspecified atom stereocenters. The van der Waals surface area contributed by atoms with E-state index < -0.39 is 33.6 Å². The molecule has 1 atom stereocenters. The van der Waals surface area contributed by atoms with E-state index in [2.05, 4.69) is 14.7 Å². The number of rotatable bonds is 5. The molecule has 2 aromatic rings. The fourth-order valence-corrected chi connectivity index (χ4v) is 5.88. The van der Waals surface area contributed by atoms with Gasteiger partial charge in [0.1, 0.15) is 0 Å². The zero-order chi connectivity index (χ0) is 25.2. The Morgan fingerprint density at radius 2 is 1.94 bits per heavy atom. The maximum atomic E-state index is 12.4. The smallest absolute Gasteiger partial charge is 0.337 e. The molecule has 0 saturated carbocycles. The highest BCUT2D eigenvalue weighted by Gasteiger charge is 2.40. The van der Waals surface area contributed by atoms with E-state index in [-0.39, 0.29) is 12.6 Å². The molecule has 4 heterocycles. The van der Waals surface area contributed by atoms with Crippen LogP contribution in [-0.4, -0.2) is 73.7 Å². The number of nitrogens with one attached hydrogen (secondary N) is 1. The summed E-state index contributed by atoms with van der Waals surface area (Å²) in [6.07, 6.45) is 3.00. The molecule has 0 radical (unpaired) electrons. The van der Waals surface area contributed by atoms with Crippen molar-refractivity contribution in [3.05, 3.63) is 63.5 Å². The number of ether oxygens (including phenoxy) is 1. The van der Waals surface area contributed by atoms with Crippen molar-refractivity contribution in [2.24, 2.45) is 4.99 Å². The van der Waals surface area contributed by atoms with Crippen molar-refractivity contribution in [3.8, 4) is 0 Å². The van der Waals surface area contributed by atoms with Gasteiger partial charge in [0.25, 0.3) is 10.2 Å². The number of hydrogen-bond acceptors (Lipinski definition) is 8. The number of methoxy groups -OCH3 is 1. The Morgan fingerprint density at radius 1 is 1.23 bits per heavy atom. The SMILES string of the molecule is COC(=O)C1=C2CC(NS(=O)(=O)N3CCC3)CN2C(c2nccs2)=NC1.Fc1cccc(F)c1F. The predicted molar refractivity (Wildman–Crippen MR) is 122 cm³/mol. The van der Waals surface area contributed by atoms with Gasteiger partial charge in [0, 0.05) is 49.4 Å². The maximum Gasteiger partial charge on any atom is 0.337 e. The highest BCUT2D eigenvalue weighted by atomic mass is 32.2. The second kappa shape index (κ2) is 10.4. The Balaban J connectivity index is 0.000000271. The number of nitrogens with zero attached hydrogens (tertiary/aromatic N) is 4. The van der Waals surface area contributed by atoms with Gasteiger partial charge in [-0.3, -0.25) is 4.99 Å². The van der Waals surface area contributed by atoms with Crippen LogP contribution in [0.25, 0.3) is 0 Å². The van der Waals surface area contributed by atoms with Gasteiger partial charge in [0.05, 0.1) is 19.2 Å². The third-order valence-corrected chi connectivity index (χ3v) is 8.04. The number of carbonyl (C=O) groups excluding carboxylic acids is 1. The summed E-state index contributed by atoms with van der Waals surface area (Å²) >= 11 is 1.46. The first-order valence-corrected chi connectivity index (χ1v) is 12.9. The number of thiazole rings is 1. The van der Waals surface area contributed by atoms with Crippen molar-refractivity contribution >= 4 is 33.4 Å². The monoisotopic (exact) mass is 529 g/mol. The Hall–Kier alpha value is -2.81. The summed E-state index contributed by atoms with van der Waals surface area (Å²) in [5.74, 6) is -3.49. The topological polar surface area (TPSA) is 104 Å². The minimum Gasteiger partial charge on any atom is -0.466 e. The quantitative estimate of drug-likeness (QED) is 0.470. The third kappa shape index (κ3) is 5.39. The minimum atomic E-state index is -3.50. The lowest BCUT2D eigenvalue weighted by Gasteiger charge is -2.31. The number of esters is 1. The van der Waals surface area contributed by atoms with Gasteiger partial charge in [-0.15, -0.1) is 11.3 Å². The van der Waals surface area contributed by atoms with Crippen LogP contribution in [0.3, 0.4) is 0 Å². The van der Waals surface area contributed by atoms with Crippen LogP contribution in [0.4, 0.5) is 13.2 Å². The molecule has 0 bridgehead atoms. The number of amidine groups is 1. The minimum absolute atomic E-state index is 0.207. The number of carbonyl (C=O) groups is 1. The first kappa shape index (κ1) is 25.3. The third-order valence-electron chi connectivity index (χ3n) is 5.59. The van der Waals surface area contributed by atoms with Crippen LogP contribution in [0.2, 0.25) is 0 Å². The average molecular weight is 530 g/mol. The molecule has 1 aromatic heterocycles. The zero-order valence-corrected chi connectivity index (χ0v) is 20.2. The summed E-state index contributed by atoms with van der Waals surface area (Å²) in [6.45, 7) is 1.71. The molecular weight excluding hydrogens is 507 g/mol. The van der Waals surface area contributed by atoms with Gasteiger partial charge in [-0.1, -0.05) is 6.07 Å². The highest BCUT2D eigenvalue weighted by Crippen LogP contribution is 2.32. The molecule has 5 rings (SSSR count). The Bertz CT molecular complexity index is 1240. The molecule has 0 amide bonds. The normalized spacial score (nSPS) is 19.9. The van der Waals surface area contributed by atoms with Crippen molar-refractivity contribution in [1.82, 2.24) is 18.9 Å². The second-order valence-electron chi connectivity index (χ2n) is 7.82. The van der Waals surface area contributed by atoms with Gasteiger partial charge in [0.15, 0.2) is 28.3 Å². The van der Waals surface area contributed by atoms with E-state index >= 15 is 0 Å². The van der Waals surface area contributed by atoms with Crippen LogP contribution < -0.4 is 4.72 Å². The first-order chi connectivity index (χ1) is 16.7. The standard InChI is InChI=1S/C15H19N5O4S2.C6H3F3/c1-24-15(21)11-8-17-13(14-16-3-6-25-14)20-9-10(7-12(11)20)18-26(22,23)19-4-2-5-19;7-4-2-1-3-5(8)6(4)9/h3,6,10,18H,2,4-5,7-9H2,1H3;1-3H. The molecular formula is C21H22F3N5O4S2. The molecule has 9 nitrogen and oxygen atoms in total. The molecule has 3 aliphatic rings. The summed E-state index contributed by atoms with van der Waals surface area (Å²) in [5.41, 5.74) is 1.23. The first-order valence-electron chi connectivity index (χ1n) is 10.6. The van der Waals surface area contributed by atoms with E-state index in [1.807, 2.05) is 10.3 Å². The van der Waals surface area contributed by atoms with E-state index in [0.29, 0.717) is 37.5 Å². The molecule has 14 heteroatoms. The van der Waals surface area contributed by atoms with E-state index in [1.165, 1.54) is 22.8 Å². The summed E-state index contributed by atoms with van der Waals surface area (Å²) in [6, 6.07) is 2.49. The molecule has 3 aliphatic heterocycles. The van der Waals surface area contributed by atoms with Gasteiger partial charge in [-0.2, -0.15) is 17.4 Å². The summed E-state index contributed by atoms with van der Waals surface area (Å²) < 4.78 is 69.8. The molecule has 188 valence electrons. The van der Waals surface area contributed by atoms with Crippen molar-refractivity contribution in [2.75, 3.05) is 33.3 Å². The van der Waals surface area contributed by atoms with Gasteiger partial charge >= 0.3 is 5.97 Å². The molecule has 1 N–H and O–H groups in total. The molecule has 2 fully saturated rings. The average Bonchev–Trinajstić information content (AvgIpc) is 3.44. The second-order valence-corrected chi connectivity index (χ2v) is 10.4. The number of aliphatic imine (C=N–C) groups is 1. The molecule has 0 aliphatic carbocycles. The van der Waals surface area contributed by atoms with Gasteiger partial charge < -0.3 is 9.64 Å². The van der Waals surface area contributed by atoms with Crippen molar-refractivity contribution in [3.63, 3.8) is 0 Å². The number of aromatic nitrogens is 1. The fraction of sp³-hybridized carbons (Fsp3) is 0.381. The summed E-state index contributed by atoms with van der Waals surface area (Å²) in [5, 5.41) is 2.61. The number of fused-ring (bicyclic) bond motifs is 1. The largest absolute Gasteiger partial charge is 0.466 e. The van der Waals surface area contributed by atoms with Gasteiger partial charge in [-0.05, 0) is 18.6 Å². The molecule has 1 aromatic carbocycles. The van der Waals surface area contributed by atoms with E-state index in [9.17, 15) is 26.4 Å².